The number of esters is 1. The van der Waals surface area contributed by atoms with Gasteiger partial charge in [-0.1, -0.05) is 13.3 Å². The number of aromatic amines is 1. The number of H-pyrrole nitrogens is 1. The summed E-state index contributed by atoms with van der Waals surface area (Å²) < 4.78 is 42.4. The zero-order chi connectivity index (χ0) is 21.6. The molecule has 0 unspecified atom stereocenters. The number of halogens is 3. The predicted molar refractivity (Wildman–Crippen MR) is 101 cm³/mol. The average Bonchev–Trinajstić information content (AvgIpc) is 3.00. The molecule has 0 aliphatic heterocycles. The third-order valence-electron chi connectivity index (χ3n) is 4.22. The summed E-state index contributed by atoms with van der Waals surface area (Å²) in [5, 5.41) is 5.54. The number of pyridine rings is 1. The van der Waals surface area contributed by atoms with Crippen LogP contribution >= 0.6 is 0 Å². The third-order valence-corrected chi connectivity index (χ3v) is 4.22. The van der Waals surface area contributed by atoms with Gasteiger partial charge in [-0.15, -0.1) is 0 Å². The van der Waals surface area contributed by atoms with E-state index in [1.807, 2.05) is 6.92 Å². The molecule has 7 nitrogen and oxygen atoms in total. The second-order valence-electron chi connectivity index (χ2n) is 6.33. The van der Waals surface area contributed by atoms with Gasteiger partial charge >= 0.3 is 12.1 Å². The number of nitrogens with one attached hydrogen (secondary N) is 3. The molecule has 0 aromatic carbocycles. The predicted octanol–water partition coefficient (Wildman–Crippen LogP) is 3.32. The van der Waals surface area contributed by atoms with E-state index >= 15 is 0 Å². The Balaban J connectivity index is 1.96. The first kappa shape index (κ1) is 22.3. The van der Waals surface area contributed by atoms with E-state index in [1.165, 1.54) is 13.2 Å². The number of ether oxygens (including phenoxy) is 1. The lowest BCUT2D eigenvalue weighted by Crippen LogP contribution is -2.30. The molecule has 0 aliphatic rings. The molecule has 0 bridgehead atoms. The number of carbonyl (C=O) groups excluding carboxylic acids is 2. The fraction of sp³-hybridized carbons (Fsp3) is 0.421. The van der Waals surface area contributed by atoms with Crippen LogP contribution < -0.4 is 10.6 Å². The van der Waals surface area contributed by atoms with Crippen molar-refractivity contribution in [2.24, 2.45) is 0 Å². The normalized spacial score (nSPS) is 11.2. The highest BCUT2D eigenvalue weighted by molar-refractivity contribution is 6.00. The smallest absolute Gasteiger partial charge is 0.417 e. The summed E-state index contributed by atoms with van der Waals surface area (Å²) in [4.78, 5) is 31.2. The molecule has 1 amide bonds. The number of carbonyl (C=O) groups is 2. The maximum atomic E-state index is 12.5. The van der Waals surface area contributed by atoms with Gasteiger partial charge in [-0.05, 0) is 31.0 Å². The van der Waals surface area contributed by atoms with Crippen LogP contribution in [-0.2, 0) is 17.3 Å². The van der Waals surface area contributed by atoms with Gasteiger partial charge in [0.05, 0.1) is 18.2 Å². The molecular formula is C19H23F3N4O3. The summed E-state index contributed by atoms with van der Waals surface area (Å²) in [5.41, 5.74) is 0.997. The van der Waals surface area contributed by atoms with Gasteiger partial charge in [-0.2, -0.15) is 13.2 Å². The molecule has 2 rings (SSSR count). The Bertz CT molecular complexity index is 861. The minimum Gasteiger partial charge on any atom is -0.465 e. The highest BCUT2D eigenvalue weighted by Crippen LogP contribution is 2.28. The fourth-order valence-corrected chi connectivity index (χ4v) is 2.87. The van der Waals surface area contributed by atoms with E-state index in [2.05, 4.69) is 20.6 Å². The minimum atomic E-state index is -4.44. The molecule has 0 saturated heterocycles. The molecular weight excluding hydrogens is 389 g/mol. The molecule has 0 fully saturated rings. The first-order valence-corrected chi connectivity index (χ1v) is 9.04. The van der Waals surface area contributed by atoms with Crippen molar-refractivity contribution < 1.29 is 27.5 Å². The molecule has 3 N–H and O–H groups in total. The van der Waals surface area contributed by atoms with E-state index < -0.39 is 17.7 Å². The van der Waals surface area contributed by atoms with Crippen molar-refractivity contribution in [3.63, 3.8) is 0 Å². The number of alkyl halides is 3. The standard InChI is InChI=1S/C19H23F3N4O3/c1-4-5-13-15(18(28)29-3)11(2)26-16(13)17(27)24-9-8-23-14-7-6-12(10-25-14)19(20,21)22/h6-7,10,26H,4-5,8-9H2,1-3H3,(H,23,25)(H,24,27). The number of rotatable bonds is 8. The summed E-state index contributed by atoms with van der Waals surface area (Å²) in [6.45, 7) is 4.10. The molecule has 0 saturated carbocycles. The van der Waals surface area contributed by atoms with Gasteiger partial charge < -0.3 is 20.4 Å². The van der Waals surface area contributed by atoms with Crippen LogP contribution in [0.5, 0.6) is 0 Å². The maximum Gasteiger partial charge on any atom is 0.417 e. The summed E-state index contributed by atoms with van der Waals surface area (Å²) in [5.74, 6) is -0.618. The van der Waals surface area contributed by atoms with Crippen LogP contribution in [0.1, 0.15) is 51.0 Å². The summed E-state index contributed by atoms with van der Waals surface area (Å²) in [7, 11) is 1.28. The number of methoxy groups -OCH3 is 1. The van der Waals surface area contributed by atoms with Crippen LogP contribution in [0.4, 0.5) is 19.0 Å². The van der Waals surface area contributed by atoms with E-state index in [1.54, 1.807) is 6.92 Å². The quantitative estimate of drug-likeness (QED) is 0.457. The summed E-state index contributed by atoms with van der Waals surface area (Å²) in [6, 6.07) is 2.15. The minimum absolute atomic E-state index is 0.207. The van der Waals surface area contributed by atoms with Crippen LogP contribution in [0.25, 0.3) is 0 Å². The summed E-state index contributed by atoms with van der Waals surface area (Å²) in [6.07, 6.45) is -2.42. The largest absolute Gasteiger partial charge is 0.465 e. The monoisotopic (exact) mass is 412 g/mol. The molecule has 2 aromatic rings. The highest BCUT2D eigenvalue weighted by atomic mass is 19.4. The third kappa shape index (κ3) is 5.49. The zero-order valence-electron chi connectivity index (χ0n) is 16.4. The Hall–Kier alpha value is -3.04. The Morgan fingerprint density at radius 1 is 1.24 bits per heavy atom. The molecule has 2 heterocycles. The van der Waals surface area contributed by atoms with E-state index in [9.17, 15) is 22.8 Å². The zero-order valence-corrected chi connectivity index (χ0v) is 16.4. The average molecular weight is 412 g/mol. The number of aromatic nitrogens is 2. The number of amides is 1. The van der Waals surface area contributed by atoms with Gasteiger partial charge in [0.15, 0.2) is 0 Å². The Labute approximate surface area is 166 Å². The van der Waals surface area contributed by atoms with Gasteiger partial charge in [-0.3, -0.25) is 4.79 Å². The van der Waals surface area contributed by atoms with Gasteiger partial charge in [0.25, 0.3) is 5.91 Å². The lowest BCUT2D eigenvalue weighted by Gasteiger charge is -2.10. The number of hydrogen-bond donors (Lipinski definition) is 3. The number of nitrogens with zero attached hydrogens (tertiary/aromatic N) is 1. The Morgan fingerprint density at radius 2 is 1.97 bits per heavy atom. The van der Waals surface area contributed by atoms with Gasteiger partial charge in [0.2, 0.25) is 0 Å². The molecule has 0 radical (unpaired) electrons. The van der Waals surface area contributed by atoms with E-state index in [0.717, 1.165) is 18.7 Å². The lowest BCUT2D eigenvalue weighted by molar-refractivity contribution is -0.137. The van der Waals surface area contributed by atoms with Gasteiger partial charge in [0, 0.05) is 25.0 Å². The van der Waals surface area contributed by atoms with Crippen LogP contribution in [0.15, 0.2) is 18.3 Å². The van der Waals surface area contributed by atoms with Crippen molar-refractivity contribution in [1.82, 2.24) is 15.3 Å². The summed E-state index contributed by atoms with van der Waals surface area (Å²) >= 11 is 0. The first-order valence-electron chi connectivity index (χ1n) is 9.04. The number of anilines is 1. The fourth-order valence-electron chi connectivity index (χ4n) is 2.87. The van der Waals surface area contributed by atoms with E-state index in [-0.39, 0.29) is 24.8 Å². The molecule has 0 atom stereocenters. The van der Waals surface area contributed by atoms with Crippen LogP contribution in [-0.4, -0.2) is 42.0 Å². The van der Waals surface area contributed by atoms with Crippen molar-refractivity contribution in [1.29, 1.82) is 0 Å². The van der Waals surface area contributed by atoms with Crippen molar-refractivity contribution in [3.05, 3.63) is 46.4 Å². The second-order valence-corrected chi connectivity index (χ2v) is 6.33. The van der Waals surface area contributed by atoms with Gasteiger partial charge in [-0.25, -0.2) is 9.78 Å². The van der Waals surface area contributed by atoms with E-state index in [4.69, 9.17) is 4.74 Å². The topological polar surface area (TPSA) is 96.1 Å². The lowest BCUT2D eigenvalue weighted by atomic mass is 10.0. The first-order chi connectivity index (χ1) is 13.7. The molecule has 158 valence electrons. The van der Waals surface area contributed by atoms with Crippen LogP contribution in [0, 0.1) is 6.92 Å². The van der Waals surface area contributed by atoms with Crippen LogP contribution in [0.2, 0.25) is 0 Å². The van der Waals surface area contributed by atoms with Crippen LogP contribution in [0.3, 0.4) is 0 Å². The van der Waals surface area contributed by atoms with Crippen molar-refractivity contribution in [3.8, 4) is 0 Å². The van der Waals surface area contributed by atoms with E-state index in [0.29, 0.717) is 28.9 Å². The van der Waals surface area contributed by atoms with Crippen molar-refractivity contribution in [2.45, 2.75) is 32.9 Å². The molecule has 29 heavy (non-hydrogen) atoms. The van der Waals surface area contributed by atoms with Crippen molar-refractivity contribution in [2.75, 3.05) is 25.5 Å². The SMILES string of the molecule is CCCc1c(C(=O)NCCNc2ccc(C(F)(F)F)cn2)[nH]c(C)c1C(=O)OC. The molecule has 0 spiro atoms. The second kappa shape index (κ2) is 9.44. The molecule has 0 aliphatic carbocycles. The molecule has 2 aromatic heterocycles. The van der Waals surface area contributed by atoms with Crippen molar-refractivity contribution >= 4 is 17.7 Å². The number of hydrogen-bond acceptors (Lipinski definition) is 5. The highest BCUT2D eigenvalue weighted by Gasteiger charge is 2.30. The Morgan fingerprint density at radius 3 is 2.52 bits per heavy atom. The number of aryl methyl sites for hydroxylation is 1. The molecule has 10 heteroatoms. The maximum absolute atomic E-state index is 12.5. The van der Waals surface area contributed by atoms with Gasteiger partial charge in [0.1, 0.15) is 11.5 Å². The Kier molecular flexibility index (Phi) is 7.24.